The van der Waals surface area contributed by atoms with E-state index in [1.807, 2.05) is 0 Å². The van der Waals surface area contributed by atoms with E-state index in [-0.39, 0.29) is 0 Å². The first-order valence-electron chi connectivity index (χ1n) is 5.66. The lowest BCUT2D eigenvalue weighted by Gasteiger charge is -2.30. The van der Waals surface area contributed by atoms with Gasteiger partial charge in [-0.15, -0.1) is 0 Å². The van der Waals surface area contributed by atoms with Gasteiger partial charge < -0.3 is 4.98 Å². The zero-order chi connectivity index (χ0) is 12.1. The number of hydrogen-bond donors (Lipinski definition) is 1. The average molecular weight is 240 g/mol. The SMILES string of the molecule is CC(C)N(CCc1ncnc(=S)[nH]1)C(C)C. The molecule has 0 aromatic carbocycles. The van der Waals surface area contributed by atoms with E-state index in [9.17, 15) is 0 Å². The van der Waals surface area contributed by atoms with E-state index < -0.39 is 0 Å². The largest absolute Gasteiger partial charge is 0.319 e. The lowest BCUT2D eigenvalue weighted by atomic mass is 10.2. The van der Waals surface area contributed by atoms with E-state index in [4.69, 9.17) is 12.2 Å². The van der Waals surface area contributed by atoms with Crippen molar-refractivity contribution in [3.63, 3.8) is 0 Å². The molecule has 0 aliphatic heterocycles. The van der Waals surface area contributed by atoms with Crippen LogP contribution in [-0.4, -0.2) is 38.5 Å². The Morgan fingerprint density at radius 3 is 2.38 bits per heavy atom. The summed E-state index contributed by atoms with van der Waals surface area (Å²) in [6.45, 7) is 9.83. The normalized spacial score (nSPS) is 11.7. The second kappa shape index (κ2) is 6.06. The minimum absolute atomic E-state index is 0.505. The summed E-state index contributed by atoms with van der Waals surface area (Å²) in [5.41, 5.74) is 0. The topological polar surface area (TPSA) is 44.8 Å². The van der Waals surface area contributed by atoms with Gasteiger partial charge in [0.05, 0.1) is 0 Å². The first-order chi connectivity index (χ1) is 7.50. The molecule has 1 aromatic rings. The van der Waals surface area contributed by atoms with Crippen LogP contribution in [0.1, 0.15) is 33.5 Å². The van der Waals surface area contributed by atoms with Gasteiger partial charge in [0.15, 0.2) is 4.77 Å². The Kier molecular flexibility index (Phi) is 5.02. The first-order valence-corrected chi connectivity index (χ1v) is 6.07. The monoisotopic (exact) mass is 240 g/mol. The zero-order valence-corrected chi connectivity index (χ0v) is 11.2. The van der Waals surface area contributed by atoms with Gasteiger partial charge in [-0.25, -0.2) is 9.97 Å². The fourth-order valence-electron chi connectivity index (χ4n) is 1.81. The highest BCUT2D eigenvalue weighted by molar-refractivity contribution is 7.71. The summed E-state index contributed by atoms with van der Waals surface area (Å²) in [7, 11) is 0. The van der Waals surface area contributed by atoms with Crippen LogP contribution in [0.2, 0.25) is 0 Å². The highest BCUT2D eigenvalue weighted by Crippen LogP contribution is 2.05. The highest BCUT2D eigenvalue weighted by Gasteiger charge is 2.13. The van der Waals surface area contributed by atoms with E-state index in [2.05, 4.69) is 47.5 Å². The summed E-state index contributed by atoms with van der Waals surface area (Å²) in [4.78, 5) is 13.5. The van der Waals surface area contributed by atoms with Crippen molar-refractivity contribution in [3.8, 4) is 0 Å². The van der Waals surface area contributed by atoms with Crippen molar-refractivity contribution in [1.29, 1.82) is 0 Å². The zero-order valence-electron chi connectivity index (χ0n) is 10.4. The molecule has 5 heteroatoms. The van der Waals surface area contributed by atoms with Gasteiger partial charge in [-0.3, -0.25) is 4.90 Å². The summed E-state index contributed by atoms with van der Waals surface area (Å²) in [6, 6.07) is 1.09. The third-order valence-electron chi connectivity index (χ3n) is 2.57. The van der Waals surface area contributed by atoms with Crippen LogP contribution < -0.4 is 0 Å². The van der Waals surface area contributed by atoms with Gasteiger partial charge in [0.2, 0.25) is 0 Å². The Bertz CT molecular complexity index is 364. The van der Waals surface area contributed by atoms with Crippen LogP contribution >= 0.6 is 12.2 Å². The van der Waals surface area contributed by atoms with Crippen molar-refractivity contribution in [3.05, 3.63) is 16.9 Å². The van der Waals surface area contributed by atoms with Gasteiger partial charge in [-0.1, -0.05) is 0 Å². The van der Waals surface area contributed by atoms with Gasteiger partial charge >= 0.3 is 0 Å². The number of aromatic amines is 1. The van der Waals surface area contributed by atoms with Gasteiger partial charge in [0, 0.05) is 25.0 Å². The lowest BCUT2D eigenvalue weighted by molar-refractivity contribution is 0.176. The summed E-state index contributed by atoms with van der Waals surface area (Å²) >= 11 is 4.96. The molecular formula is C11H20N4S. The quantitative estimate of drug-likeness (QED) is 0.801. The Hall–Kier alpha value is -0.810. The van der Waals surface area contributed by atoms with E-state index in [0.717, 1.165) is 18.8 Å². The summed E-state index contributed by atoms with van der Waals surface area (Å²) < 4.78 is 0.505. The van der Waals surface area contributed by atoms with Crippen molar-refractivity contribution >= 4 is 12.2 Å². The number of aromatic nitrogens is 3. The maximum absolute atomic E-state index is 4.96. The molecule has 1 aromatic heterocycles. The molecule has 0 spiro atoms. The predicted molar refractivity (Wildman–Crippen MR) is 67.9 cm³/mol. The highest BCUT2D eigenvalue weighted by atomic mass is 32.1. The first kappa shape index (κ1) is 13.3. The molecule has 0 radical (unpaired) electrons. The number of nitrogens with zero attached hydrogens (tertiary/aromatic N) is 3. The number of rotatable bonds is 5. The molecule has 0 atom stereocenters. The van der Waals surface area contributed by atoms with Crippen molar-refractivity contribution in [2.24, 2.45) is 0 Å². The van der Waals surface area contributed by atoms with E-state index >= 15 is 0 Å². The summed E-state index contributed by atoms with van der Waals surface area (Å²) in [6.07, 6.45) is 2.39. The minimum Gasteiger partial charge on any atom is -0.319 e. The van der Waals surface area contributed by atoms with Crippen LogP contribution in [0.15, 0.2) is 6.33 Å². The third-order valence-corrected chi connectivity index (χ3v) is 2.78. The Balaban J connectivity index is 2.59. The maximum atomic E-state index is 4.96. The summed E-state index contributed by atoms with van der Waals surface area (Å²) in [5.74, 6) is 0.909. The third kappa shape index (κ3) is 3.98. The Morgan fingerprint density at radius 1 is 1.25 bits per heavy atom. The number of nitrogens with one attached hydrogen (secondary N) is 1. The Morgan fingerprint density at radius 2 is 1.88 bits per heavy atom. The van der Waals surface area contributed by atoms with Crippen LogP contribution in [0.25, 0.3) is 0 Å². The average Bonchev–Trinajstić information content (AvgIpc) is 2.16. The van der Waals surface area contributed by atoms with Crippen LogP contribution in [0.5, 0.6) is 0 Å². The molecule has 0 saturated heterocycles. The molecule has 1 heterocycles. The second-order valence-electron chi connectivity index (χ2n) is 4.43. The summed E-state index contributed by atoms with van der Waals surface area (Å²) in [5, 5.41) is 0. The molecule has 90 valence electrons. The van der Waals surface area contributed by atoms with Crippen molar-refractivity contribution in [2.45, 2.75) is 46.2 Å². The molecule has 16 heavy (non-hydrogen) atoms. The minimum atomic E-state index is 0.505. The van der Waals surface area contributed by atoms with Crippen LogP contribution in [0.4, 0.5) is 0 Å². The van der Waals surface area contributed by atoms with Crippen molar-refractivity contribution in [1.82, 2.24) is 19.9 Å². The second-order valence-corrected chi connectivity index (χ2v) is 4.81. The van der Waals surface area contributed by atoms with Crippen LogP contribution in [-0.2, 0) is 6.42 Å². The molecule has 4 nitrogen and oxygen atoms in total. The van der Waals surface area contributed by atoms with E-state index in [0.29, 0.717) is 16.9 Å². The molecule has 0 amide bonds. The van der Waals surface area contributed by atoms with Crippen molar-refractivity contribution in [2.75, 3.05) is 6.54 Å². The molecular weight excluding hydrogens is 220 g/mol. The maximum Gasteiger partial charge on any atom is 0.199 e. The fraction of sp³-hybridized carbons (Fsp3) is 0.727. The fourth-order valence-corrected chi connectivity index (χ4v) is 1.98. The number of H-pyrrole nitrogens is 1. The lowest BCUT2D eigenvalue weighted by Crippen LogP contribution is -2.38. The van der Waals surface area contributed by atoms with Crippen molar-refractivity contribution < 1.29 is 0 Å². The molecule has 0 unspecified atom stereocenters. The Labute approximate surface area is 102 Å². The molecule has 0 aliphatic carbocycles. The standard InChI is InChI=1S/C11H20N4S/c1-8(2)15(9(3)4)6-5-10-12-7-13-11(16)14-10/h7-9H,5-6H2,1-4H3,(H,12,13,14,16). The van der Waals surface area contributed by atoms with Crippen LogP contribution in [0, 0.1) is 4.77 Å². The molecule has 1 N–H and O–H groups in total. The predicted octanol–water partition coefficient (Wildman–Crippen LogP) is 2.20. The molecule has 1 rings (SSSR count). The van der Waals surface area contributed by atoms with Gasteiger partial charge in [-0.2, -0.15) is 0 Å². The van der Waals surface area contributed by atoms with Gasteiger partial charge in [0.25, 0.3) is 0 Å². The molecule has 0 saturated carbocycles. The smallest absolute Gasteiger partial charge is 0.199 e. The van der Waals surface area contributed by atoms with Gasteiger partial charge in [0.1, 0.15) is 12.2 Å². The van der Waals surface area contributed by atoms with Crippen LogP contribution in [0.3, 0.4) is 0 Å². The molecule has 0 bridgehead atoms. The van der Waals surface area contributed by atoms with E-state index in [1.54, 1.807) is 0 Å². The molecule has 0 fully saturated rings. The molecule has 0 aliphatic rings. The van der Waals surface area contributed by atoms with Gasteiger partial charge in [-0.05, 0) is 39.9 Å². The number of hydrogen-bond acceptors (Lipinski definition) is 4. The van der Waals surface area contributed by atoms with E-state index in [1.165, 1.54) is 6.33 Å².